The van der Waals surface area contributed by atoms with Gasteiger partial charge in [-0.2, -0.15) is 0 Å². The van der Waals surface area contributed by atoms with Crippen molar-refractivity contribution in [2.24, 2.45) is 0 Å². The highest BCUT2D eigenvalue weighted by atomic mass is 19.1. The Morgan fingerprint density at radius 3 is 2.53 bits per heavy atom. The van der Waals surface area contributed by atoms with Crippen LogP contribution in [0.3, 0.4) is 0 Å². The Kier molecular flexibility index (Phi) is 3.90. The highest BCUT2D eigenvalue weighted by Crippen LogP contribution is 2.18. The zero-order valence-corrected chi connectivity index (χ0v) is 10.9. The molecule has 0 bridgehead atoms. The van der Waals surface area contributed by atoms with E-state index < -0.39 is 5.82 Å². The van der Waals surface area contributed by atoms with Gasteiger partial charge in [0.25, 0.3) is 5.91 Å². The molecule has 1 heterocycles. The van der Waals surface area contributed by atoms with Crippen LogP contribution in [-0.2, 0) is 0 Å². The molecule has 3 nitrogen and oxygen atoms in total. The topological polar surface area (TPSA) is 33.2 Å². The van der Waals surface area contributed by atoms with Gasteiger partial charge in [0.1, 0.15) is 0 Å². The third-order valence-corrected chi connectivity index (χ3v) is 2.91. The molecule has 2 rings (SSSR count). The van der Waals surface area contributed by atoms with Crippen LogP contribution in [0.15, 0.2) is 42.7 Å². The molecule has 1 amide bonds. The fourth-order valence-corrected chi connectivity index (χ4v) is 1.86. The van der Waals surface area contributed by atoms with Crippen molar-refractivity contribution in [3.8, 4) is 0 Å². The summed E-state index contributed by atoms with van der Waals surface area (Å²) in [4.78, 5) is 17.5. The van der Waals surface area contributed by atoms with Crippen molar-refractivity contribution in [2.75, 3.05) is 11.4 Å². The van der Waals surface area contributed by atoms with Crippen molar-refractivity contribution in [3.05, 3.63) is 59.7 Å². The van der Waals surface area contributed by atoms with E-state index in [4.69, 9.17) is 0 Å². The van der Waals surface area contributed by atoms with Crippen molar-refractivity contribution in [1.82, 2.24) is 4.98 Å². The highest BCUT2D eigenvalue weighted by molar-refractivity contribution is 6.06. The monoisotopic (exact) mass is 258 g/mol. The number of anilines is 1. The van der Waals surface area contributed by atoms with E-state index >= 15 is 0 Å². The molecule has 0 aliphatic carbocycles. The summed E-state index contributed by atoms with van der Waals surface area (Å²) in [6.07, 6.45) is 2.47. The lowest BCUT2D eigenvalue weighted by Gasteiger charge is -2.21. The minimum absolute atomic E-state index is 0.0393. The van der Waals surface area contributed by atoms with Gasteiger partial charge >= 0.3 is 0 Å². The first-order chi connectivity index (χ1) is 9.13. The number of benzene rings is 1. The number of aromatic nitrogens is 1. The number of pyridine rings is 1. The molecule has 0 aliphatic heterocycles. The second-order valence-corrected chi connectivity index (χ2v) is 4.24. The summed E-state index contributed by atoms with van der Waals surface area (Å²) in [5, 5.41) is 0. The number of nitrogens with zero attached hydrogens (tertiary/aromatic N) is 2. The molecule has 0 aliphatic rings. The zero-order valence-electron chi connectivity index (χ0n) is 10.9. The summed E-state index contributed by atoms with van der Waals surface area (Å²) >= 11 is 0. The molecule has 0 fully saturated rings. The van der Waals surface area contributed by atoms with E-state index in [0.29, 0.717) is 6.54 Å². The Morgan fingerprint density at radius 2 is 1.95 bits per heavy atom. The number of carbonyl (C=O) groups excluding carboxylic acids is 1. The van der Waals surface area contributed by atoms with Crippen molar-refractivity contribution in [1.29, 1.82) is 0 Å². The molecule has 1 aromatic carbocycles. The maximum absolute atomic E-state index is 13.6. The summed E-state index contributed by atoms with van der Waals surface area (Å²) in [7, 11) is 0. The summed E-state index contributed by atoms with van der Waals surface area (Å²) in [5.74, 6) is -0.954. The van der Waals surface area contributed by atoms with Gasteiger partial charge in [-0.05, 0) is 32.0 Å². The quantitative estimate of drug-likeness (QED) is 0.847. The minimum Gasteiger partial charge on any atom is -0.309 e. The fourth-order valence-electron chi connectivity index (χ4n) is 1.86. The standard InChI is InChI=1S/C15H15FN2O/c1-3-18(12-6-4-11(2)5-7-12)15(19)13-8-9-17-10-14(13)16/h4-10H,3H2,1-2H3. The van der Waals surface area contributed by atoms with E-state index in [1.54, 1.807) is 0 Å². The Balaban J connectivity index is 2.35. The zero-order chi connectivity index (χ0) is 13.8. The first-order valence-electron chi connectivity index (χ1n) is 6.11. The van der Waals surface area contributed by atoms with Gasteiger partial charge in [-0.25, -0.2) is 4.39 Å². The van der Waals surface area contributed by atoms with Gasteiger partial charge in [0, 0.05) is 18.4 Å². The first-order valence-corrected chi connectivity index (χ1v) is 6.11. The van der Waals surface area contributed by atoms with Gasteiger partial charge in [-0.3, -0.25) is 9.78 Å². The molecule has 0 N–H and O–H groups in total. The van der Waals surface area contributed by atoms with Crippen LogP contribution in [-0.4, -0.2) is 17.4 Å². The Morgan fingerprint density at radius 1 is 1.26 bits per heavy atom. The van der Waals surface area contributed by atoms with Crippen LogP contribution in [0.5, 0.6) is 0 Å². The van der Waals surface area contributed by atoms with Gasteiger partial charge in [0.15, 0.2) is 5.82 Å². The van der Waals surface area contributed by atoms with Gasteiger partial charge in [-0.1, -0.05) is 17.7 Å². The molecular weight excluding hydrogens is 243 g/mol. The highest BCUT2D eigenvalue weighted by Gasteiger charge is 2.19. The molecule has 2 aromatic rings. The minimum atomic E-state index is -0.599. The SMILES string of the molecule is CCN(C(=O)c1ccncc1F)c1ccc(C)cc1. The number of carbonyl (C=O) groups is 1. The van der Waals surface area contributed by atoms with Crippen LogP contribution >= 0.6 is 0 Å². The molecule has 1 aromatic heterocycles. The van der Waals surface area contributed by atoms with E-state index in [-0.39, 0.29) is 11.5 Å². The Hall–Kier alpha value is -2.23. The van der Waals surface area contributed by atoms with Crippen LogP contribution < -0.4 is 4.90 Å². The van der Waals surface area contributed by atoms with E-state index in [1.165, 1.54) is 17.2 Å². The van der Waals surface area contributed by atoms with Crippen molar-refractivity contribution >= 4 is 11.6 Å². The molecule has 19 heavy (non-hydrogen) atoms. The van der Waals surface area contributed by atoms with Crippen LogP contribution in [0.4, 0.5) is 10.1 Å². The predicted octanol–water partition coefficient (Wildman–Crippen LogP) is 3.20. The number of amides is 1. The molecule has 0 radical (unpaired) electrons. The summed E-state index contributed by atoms with van der Waals surface area (Å²) in [6, 6.07) is 8.96. The van der Waals surface area contributed by atoms with Crippen molar-refractivity contribution < 1.29 is 9.18 Å². The largest absolute Gasteiger partial charge is 0.309 e. The molecule has 0 atom stereocenters. The molecule has 0 spiro atoms. The normalized spacial score (nSPS) is 10.3. The Bertz CT molecular complexity index is 581. The van der Waals surface area contributed by atoms with Crippen LogP contribution in [0.2, 0.25) is 0 Å². The van der Waals surface area contributed by atoms with Crippen LogP contribution in [0, 0.1) is 12.7 Å². The second-order valence-electron chi connectivity index (χ2n) is 4.24. The second kappa shape index (κ2) is 5.61. The van der Waals surface area contributed by atoms with Gasteiger partial charge < -0.3 is 4.90 Å². The Labute approximate surface area is 111 Å². The smallest absolute Gasteiger partial charge is 0.261 e. The molecular formula is C15H15FN2O. The van der Waals surface area contributed by atoms with Gasteiger partial charge in [0.2, 0.25) is 0 Å². The lowest BCUT2D eigenvalue weighted by molar-refractivity contribution is 0.0984. The van der Waals surface area contributed by atoms with E-state index in [0.717, 1.165) is 17.4 Å². The summed E-state index contributed by atoms with van der Waals surface area (Å²) in [5.41, 5.74) is 1.91. The number of aryl methyl sites for hydroxylation is 1. The number of hydrogen-bond donors (Lipinski definition) is 0. The maximum atomic E-state index is 13.6. The molecule has 4 heteroatoms. The summed E-state index contributed by atoms with van der Waals surface area (Å²) in [6.45, 7) is 4.31. The van der Waals surface area contributed by atoms with Crippen molar-refractivity contribution in [2.45, 2.75) is 13.8 Å². The third-order valence-electron chi connectivity index (χ3n) is 2.91. The maximum Gasteiger partial charge on any atom is 0.261 e. The lowest BCUT2D eigenvalue weighted by atomic mass is 10.1. The van der Waals surface area contributed by atoms with Gasteiger partial charge in [-0.15, -0.1) is 0 Å². The van der Waals surface area contributed by atoms with E-state index in [9.17, 15) is 9.18 Å². The number of hydrogen-bond acceptors (Lipinski definition) is 2. The van der Waals surface area contributed by atoms with Crippen LogP contribution in [0.1, 0.15) is 22.8 Å². The molecule has 0 saturated carbocycles. The van der Waals surface area contributed by atoms with E-state index in [1.807, 2.05) is 38.1 Å². The van der Waals surface area contributed by atoms with Crippen LogP contribution in [0.25, 0.3) is 0 Å². The first kappa shape index (κ1) is 13.2. The van der Waals surface area contributed by atoms with E-state index in [2.05, 4.69) is 4.98 Å². The van der Waals surface area contributed by atoms with Crippen molar-refractivity contribution in [3.63, 3.8) is 0 Å². The molecule has 0 unspecified atom stereocenters. The fraction of sp³-hybridized carbons (Fsp3) is 0.200. The molecule has 0 saturated heterocycles. The predicted molar refractivity (Wildman–Crippen MR) is 72.7 cm³/mol. The number of rotatable bonds is 3. The van der Waals surface area contributed by atoms with Gasteiger partial charge in [0.05, 0.1) is 11.8 Å². The summed E-state index contributed by atoms with van der Waals surface area (Å²) < 4.78 is 13.6. The lowest BCUT2D eigenvalue weighted by Crippen LogP contribution is -2.31. The molecule has 98 valence electrons. The third kappa shape index (κ3) is 2.78. The average molecular weight is 258 g/mol. The number of halogens is 1. The average Bonchev–Trinajstić information content (AvgIpc) is 2.42.